The van der Waals surface area contributed by atoms with E-state index >= 15 is 0 Å². The van der Waals surface area contributed by atoms with E-state index in [4.69, 9.17) is 5.21 Å². The van der Waals surface area contributed by atoms with Gasteiger partial charge in [0, 0.05) is 6.54 Å². The van der Waals surface area contributed by atoms with Crippen LogP contribution in [0.5, 0.6) is 0 Å². The number of hydroxylamine groups is 1. The van der Waals surface area contributed by atoms with Crippen molar-refractivity contribution in [1.82, 2.24) is 10.8 Å². The molecule has 0 heterocycles. The number of carbonyl (C=O) groups excluding carboxylic acids is 2. The third-order valence-electron chi connectivity index (χ3n) is 2.53. The van der Waals surface area contributed by atoms with Crippen molar-refractivity contribution in [3.63, 3.8) is 0 Å². The van der Waals surface area contributed by atoms with Crippen molar-refractivity contribution >= 4 is 11.8 Å². The summed E-state index contributed by atoms with van der Waals surface area (Å²) in [6, 6.07) is 9.37. The molecule has 2 amide bonds. The highest BCUT2D eigenvalue weighted by molar-refractivity contribution is 6.03. The first-order valence-corrected chi connectivity index (χ1v) is 5.25. The second kappa shape index (κ2) is 5.45. The van der Waals surface area contributed by atoms with Gasteiger partial charge in [-0.3, -0.25) is 14.8 Å². The van der Waals surface area contributed by atoms with E-state index in [0.29, 0.717) is 6.54 Å². The van der Waals surface area contributed by atoms with Crippen molar-refractivity contribution in [2.24, 2.45) is 5.41 Å². The molecule has 0 saturated heterocycles. The fourth-order valence-electron chi connectivity index (χ4n) is 1.24. The quantitative estimate of drug-likeness (QED) is 0.411. The summed E-state index contributed by atoms with van der Waals surface area (Å²) < 4.78 is 0. The topological polar surface area (TPSA) is 78.4 Å². The zero-order chi connectivity index (χ0) is 12.9. The van der Waals surface area contributed by atoms with Gasteiger partial charge in [0.25, 0.3) is 5.91 Å². The maximum atomic E-state index is 11.8. The summed E-state index contributed by atoms with van der Waals surface area (Å²) in [4.78, 5) is 23.0. The molecule has 0 saturated carbocycles. The average Bonchev–Trinajstić information content (AvgIpc) is 2.35. The molecular formula is C12H16N2O3. The van der Waals surface area contributed by atoms with Gasteiger partial charge in [0.2, 0.25) is 5.91 Å². The molecule has 17 heavy (non-hydrogen) atoms. The van der Waals surface area contributed by atoms with Crippen LogP contribution in [0.2, 0.25) is 0 Å². The van der Waals surface area contributed by atoms with Gasteiger partial charge in [-0.1, -0.05) is 30.3 Å². The Morgan fingerprint density at radius 2 is 1.76 bits per heavy atom. The molecule has 0 atom stereocenters. The molecule has 0 bridgehead atoms. The summed E-state index contributed by atoms with van der Waals surface area (Å²) in [5.74, 6) is -1.17. The molecule has 0 aromatic heterocycles. The zero-order valence-corrected chi connectivity index (χ0v) is 9.86. The smallest absolute Gasteiger partial charge is 0.258 e. The van der Waals surface area contributed by atoms with E-state index in [0.717, 1.165) is 5.56 Å². The normalized spacial score (nSPS) is 10.8. The van der Waals surface area contributed by atoms with Crippen LogP contribution in [0.1, 0.15) is 19.4 Å². The molecular weight excluding hydrogens is 220 g/mol. The van der Waals surface area contributed by atoms with Crippen LogP contribution in [0.25, 0.3) is 0 Å². The van der Waals surface area contributed by atoms with Crippen LogP contribution >= 0.6 is 0 Å². The van der Waals surface area contributed by atoms with E-state index in [1.165, 1.54) is 19.3 Å². The van der Waals surface area contributed by atoms with Gasteiger partial charge in [0.05, 0.1) is 0 Å². The van der Waals surface area contributed by atoms with Crippen LogP contribution in [0.15, 0.2) is 30.3 Å². The molecule has 1 aromatic rings. The van der Waals surface area contributed by atoms with Crippen molar-refractivity contribution in [2.45, 2.75) is 20.4 Å². The molecule has 0 spiro atoms. The lowest BCUT2D eigenvalue weighted by molar-refractivity contribution is -0.146. The Kier molecular flexibility index (Phi) is 4.23. The van der Waals surface area contributed by atoms with Gasteiger partial charge < -0.3 is 5.32 Å². The van der Waals surface area contributed by atoms with Gasteiger partial charge in [0.1, 0.15) is 5.41 Å². The van der Waals surface area contributed by atoms with Crippen molar-refractivity contribution in [3.8, 4) is 0 Å². The Bertz CT molecular complexity index is 401. The van der Waals surface area contributed by atoms with Crippen molar-refractivity contribution in [3.05, 3.63) is 35.9 Å². The third-order valence-corrected chi connectivity index (χ3v) is 2.53. The Balaban J connectivity index is 2.58. The molecule has 0 aliphatic rings. The number of carbonyl (C=O) groups is 2. The number of nitrogens with one attached hydrogen (secondary N) is 2. The number of amides is 2. The molecule has 0 aliphatic carbocycles. The summed E-state index contributed by atoms with van der Waals surface area (Å²) >= 11 is 0. The minimum atomic E-state index is -1.30. The fourth-order valence-corrected chi connectivity index (χ4v) is 1.24. The first-order valence-electron chi connectivity index (χ1n) is 5.25. The molecule has 5 heteroatoms. The van der Waals surface area contributed by atoms with Crippen molar-refractivity contribution in [2.75, 3.05) is 0 Å². The molecule has 0 radical (unpaired) electrons. The summed E-state index contributed by atoms with van der Waals surface area (Å²) in [6.45, 7) is 3.24. The molecule has 1 aromatic carbocycles. The molecule has 1 rings (SSSR count). The fraction of sp³-hybridized carbons (Fsp3) is 0.333. The lowest BCUT2D eigenvalue weighted by atomic mass is 9.91. The number of hydrogen-bond acceptors (Lipinski definition) is 3. The minimum absolute atomic E-state index is 0.349. The predicted molar refractivity (Wildman–Crippen MR) is 62.0 cm³/mol. The largest absolute Gasteiger partial charge is 0.351 e. The molecule has 3 N–H and O–H groups in total. The van der Waals surface area contributed by atoms with Crippen LogP contribution in [-0.4, -0.2) is 17.0 Å². The lowest BCUT2D eigenvalue weighted by Gasteiger charge is -2.20. The lowest BCUT2D eigenvalue weighted by Crippen LogP contribution is -2.46. The summed E-state index contributed by atoms with van der Waals surface area (Å²) in [5.41, 5.74) is 1.13. The maximum absolute atomic E-state index is 11.8. The van der Waals surface area contributed by atoms with E-state index < -0.39 is 17.2 Å². The Morgan fingerprint density at radius 3 is 2.29 bits per heavy atom. The summed E-state index contributed by atoms with van der Waals surface area (Å²) in [5, 5.41) is 11.2. The van der Waals surface area contributed by atoms with Crippen LogP contribution in [0.3, 0.4) is 0 Å². The van der Waals surface area contributed by atoms with Gasteiger partial charge >= 0.3 is 0 Å². The van der Waals surface area contributed by atoms with Crippen LogP contribution in [0.4, 0.5) is 0 Å². The Hall–Kier alpha value is -1.88. The second-order valence-electron chi connectivity index (χ2n) is 4.23. The van der Waals surface area contributed by atoms with Crippen LogP contribution in [-0.2, 0) is 16.1 Å². The first kappa shape index (κ1) is 13.2. The van der Waals surface area contributed by atoms with E-state index in [1.54, 1.807) is 0 Å². The van der Waals surface area contributed by atoms with Crippen LogP contribution in [0, 0.1) is 5.41 Å². The van der Waals surface area contributed by atoms with Crippen molar-refractivity contribution < 1.29 is 14.8 Å². The Labute approximate surface area is 99.8 Å². The minimum Gasteiger partial charge on any atom is -0.351 e. The van der Waals surface area contributed by atoms with E-state index in [9.17, 15) is 9.59 Å². The van der Waals surface area contributed by atoms with Gasteiger partial charge in [-0.25, -0.2) is 5.48 Å². The first-order chi connectivity index (χ1) is 7.98. The zero-order valence-electron chi connectivity index (χ0n) is 9.86. The SMILES string of the molecule is CC(C)(C(=O)NO)C(=O)NCc1ccccc1. The van der Waals surface area contributed by atoms with Crippen molar-refractivity contribution in [1.29, 1.82) is 0 Å². The molecule has 0 fully saturated rings. The average molecular weight is 236 g/mol. The van der Waals surface area contributed by atoms with E-state index in [1.807, 2.05) is 30.3 Å². The highest BCUT2D eigenvalue weighted by atomic mass is 16.5. The second-order valence-corrected chi connectivity index (χ2v) is 4.23. The van der Waals surface area contributed by atoms with Crippen LogP contribution < -0.4 is 10.8 Å². The highest BCUT2D eigenvalue weighted by Gasteiger charge is 2.35. The Morgan fingerprint density at radius 1 is 1.18 bits per heavy atom. The number of rotatable bonds is 4. The monoisotopic (exact) mass is 236 g/mol. The summed E-state index contributed by atoms with van der Waals surface area (Å²) in [6.07, 6.45) is 0. The highest BCUT2D eigenvalue weighted by Crippen LogP contribution is 2.15. The molecule has 92 valence electrons. The van der Waals surface area contributed by atoms with E-state index in [2.05, 4.69) is 5.32 Å². The van der Waals surface area contributed by atoms with Gasteiger partial charge in [0.15, 0.2) is 0 Å². The number of benzene rings is 1. The maximum Gasteiger partial charge on any atom is 0.258 e. The summed E-state index contributed by atoms with van der Waals surface area (Å²) in [7, 11) is 0. The predicted octanol–water partition coefficient (Wildman–Crippen LogP) is 0.834. The molecule has 0 unspecified atom stereocenters. The molecule has 0 aliphatic heterocycles. The van der Waals surface area contributed by atoms with E-state index in [-0.39, 0.29) is 0 Å². The van der Waals surface area contributed by atoms with Gasteiger partial charge in [-0.05, 0) is 19.4 Å². The standard InChI is InChI=1S/C12H16N2O3/c1-12(2,11(16)14-17)10(15)13-8-9-6-4-3-5-7-9/h3-7,17H,8H2,1-2H3,(H,13,15)(H,14,16). The third kappa shape index (κ3) is 3.29. The van der Waals surface area contributed by atoms with Gasteiger partial charge in [-0.15, -0.1) is 0 Å². The van der Waals surface area contributed by atoms with Gasteiger partial charge in [-0.2, -0.15) is 0 Å². The number of hydrogen-bond donors (Lipinski definition) is 3. The molecule has 5 nitrogen and oxygen atoms in total.